The van der Waals surface area contributed by atoms with Crippen LogP contribution >= 0.6 is 12.2 Å². The number of ether oxygens (including phenoxy) is 1. The van der Waals surface area contributed by atoms with Gasteiger partial charge in [-0.2, -0.15) is 8.78 Å². The standard InChI is InChI=1S/C19H16F3N3O2S/c1-24(11-12-2-8-15(9-3-12)27-18(21)22)17(26)16-10-23-19(28)25(16)14-6-4-13(20)5-7-14/h2-10,18H,11H2,1H3,(H,23,28). The molecule has 0 unspecified atom stereocenters. The van der Waals surface area contributed by atoms with Gasteiger partial charge in [0.2, 0.25) is 0 Å². The second-order valence-electron chi connectivity index (χ2n) is 5.97. The quantitative estimate of drug-likeness (QED) is 0.610. The van der Waals surface area contributed by atoms with E-state index in [9.17, 15) is 18.0 Å². The number of benzene rings is 2. The summed E-state index contributed by atoms with van der Waals surface area (Å²) in [5, 5.41) is 0. The monoisotopic (exact) mass is 407 g/mol. The van der Waals surface area contributed by atoms with Gasteiger partial charge in [0.05, 0.1) is 0 Å². The summed E-state index contributed by atoms with van der Waals surface area (Å²) in [5.74, 6) is -0.664. The van der Waals surface area contributed by atoms with E-state index >= 15 is 0 Å². The first kappa shape index (κ1) is 19.7. The Labute approximate surface area is 164 Å². The van der Waals surface area contributed by atoms with Crippen LogP contribution in [-0.2, 0) is 6.54 Å². The minimum atomic E-state index is -2.89. The highest BCUT2D eigenvalue weighted by Crippen LogP contribution is 2.18. The van der Waals surface area contributed by atoms with Crippen molar-refractivity contribution in [3.63, 3.8) is 0 Å². The van der Waals surface area contributed by atoms with E-state index in [2.05, 4.69) is 9.72 Å². The molecule has 0 fully saturated rings. The predicted molar refractivity (Wildman–Crippen MR) is 99.8 cm³/mol. The Bertz CT molecular complexity index is 1010. The first-order chi connectivity index (χ1) is 13.3. The van der Waals surface area contributed by atoms with E-state index in [1.807, 2.05) is 0 Å². The molecule has 5 nitrogen and oxygen atoms in total. The van der Waals surface area contributed by atoms with E-state index in [0.29, 0.717) is 10.5 Å². The van der Waals surface area contributed by atoms with E-state index in [4.69, 9.17) is 12.2 Å². The molecule has 3 rings (SSSR count). The molecule has 0 radical (unpaired) electrons. The van der Waals surface area contributed by atoms with Gasteiger partial charge in [0, 0.05) is 25.5 Å². The molecule has 0 aliphatic rings. The van der Waals surface area contributed by atoms with Crippen LogP contribution in [0.1, 0.15) is 16.1 Å². The van der Waals surface area contributed by atoms with Gasteiger partial charge < -0.3 is 14.6 Å². The lowest BCUT2D eigenvalue weighted by atomic mass is 10.2. The summed E-state index contributed by atoms with van der Waals surface area (Å²) >= 11 is 5.24. The molecule has 0 aliphatic carbocycles. The Morgan fingerprint density at radius 2 is 1.82 bits per heavy atom. The minimum absolute atomic E-state index is 0.0447. The van der Waals surface area contributed by atoms with E-state index < -0.39 is 12.4 Å². The highest BCUT2D eigenvalue weighted by atomic mass is 32.1. The number of aromatic nitrogens is 2. The van der Waals surface area contributed by atoms with Crippen LogP contribution in [0.2, 0.25) is 0 Å². The van der Waals surface area contributed by atoms with Gasteiger partial charge in [0.1, 0.15) is 17.3 Å². The molecule has 3 aromatic rings. The van der Waals surface area contributed by atoms with Crippen molar-refractivity contribution in [3.05, 3.63) is 76.6 Å². The number of hydrogen-bond donors (Lipinski definition) is 1. The molecule has 0 saturated carbocycles. The highest BCUT2D eigenvalue weighted by molar-refractivity contribution is 7.71. The number of halogens is 3. The fourth-order valence-electron chi connectivity index (χ4n) is 2.69. The lowest BCUT2D eigenvalue weighted by Crippen LogP contribution is -2.28. The van der Waals surface area contributed by atoms with Crippen molar-refractivity contribution in [1.82, 2.24) is 14.5 Å². The van der Waals surface area contributed by atoms with E-state index in [-0.39, 0.29) is 23.9 Å². The number of nitrogens with zero attached hydrogens (tertiary/aromatic N) is 2. The van der Waals surface area contributed by atoms with Crippen molar-refractivity contribution in [1.29, 1.82) is 0 Å². The lowest BCUT2D eigenvalue weighted by Gasteiger charge is -2.18. The normalized spacial score (nSPS) is 10.9. The zero-order valence-corrected chi connectivity index (χ0v) is 15.6. The van der Waals surface area contributed by atoms with Gasteiger partial charge in [-0.25, -0.2) is 4.39 Å². The molecule has 146 valence electrons. The summed E-state index contributed by atoms with van der Waals surface area (Å²) in [5.41, 5.74) is 1.58. The Morgan fingerprint density at radius 1 is 1.18 bits per heavy atom. The number of rotatable bonds is 6. The number of amides is 1. The molecule has 0 saturated heterocycles. The first-order valence-electron chi connectivity index (χ1n) is 8.20. The fraction of sp³-hybridized carbons (Fsp3) is 0.158. The van der Waals surface area contributed by atoms with E-state index in [0.717, 1.165) is 5.56 Å². The molecule has 2 aromatic carbocycles. The average Bonchev–Trinajstić information content (AvgIpc) is 3.04. The summed E-state index contributed by atoms with van der Waals surface area (Å²) in [4.78, 5) is 17.2. The van der Waals surface area contributed by atoms with Crippen molar-refractivity contribution >= 4 is 18.1 Å². The van der Waals surface area contributed by atoms with Gasteiger partial charge in [0.15, 0.2) is 4.77 Å². The van der Waals surface area contributed by atoms with Gasteiger partial charge in [-0.05, 0) is 54.2 Å². The molecule has 1 amide bonds. The minimum Gasteiger partial charge on any atom is -0.435 e. The van der Waals surface area contributed by atoms with Crippen molar-refractivity contribution < 1.29 is 22.7 Å². The van der Waals surface area contributed by atoms with Crippen LogP contribution in [0.4, 0.5) is 13.2 Å². The van der Waals surface area contributed by atoms with Gasteiger partial charge in [-0.15, -0.1) is 0 Å². The summed E-state index contributed by atoms with van der Waals surface area (Å²) in [7, 11) is 1.61. The topological polar surface area (TPSA) is 50.3 Å². The maximum Gasteiger partial charge on any atom is 0.387 e. The van der Waals surface area contributed by atoms with Crippen LogP contribution in [0.5, 0.6) is 5.75 Å². The Morgan fingerprint density at radius 3 is 2.43 bits per heavy atom. The van der Waals surface area contributed by atoms with Crippen LogP contribution < -0.4 is 4.74 Å². The second kappa shape index (κ2) is 8.30. The molecule has 28 heavy (non-hydrogen) atoms. The van der Waals surface area contributed by atoms with Crippen LogP contribution in [-0.4, -0.2) is 34.0 Å². The lowest BCUT2D eigenvalue weighted by molar-refractivity contribution is -0.0498. The van der Waals surface area contributed by atoms with Crippen molar-refractivity contribution in [3.8, 4) is 11.4 Å². The third-order valence-electron chi connectivity index (χ3n) is 4.00. The fourth-order valence-corrected chi connectivity index (χ4v) is 2.95. The van der Waals surface area contributed by atoms with Crippen molar-refractivity contribution in [2.75, 3.05) is 7.05 Å². The van der Waals surface area contributed by atoms with E-state index in [1.54, 1.807) is 19.2 Å². The first-order valence-corrected chi connectivity index (χ1v) is 8.61. The van der Waals surface area contributed by atoms with Crippen LogP contribution in [0.3, 0.4) is 0 Å². The Kier molecular flexibility index (Phi) is 5.84. The largest absolute Gasteiger partial charge is 0.435 e. The number of carbonyl (C=O) groups is 1. The second-order valence-corrected chi connectivity index (χ2v) is 6.36. The molecule has 1 aromatic heterocycles. The Hall–Kier alpha value is -3.07. The molecule has 1 N–H and O–H groups in total. The zero-order chi connectivity index (χ0) is 20.3. The van der Waals surface area contributed by atoms with Crippen LogP contribution in [0.15, 0.2) is 54.7 Å². The summed E-state index contributed by atoms with van der Waals surface area (Å²) < 4.78 is 43.8. The molecular formula is C19H16F3N3O2S. The molecule has 9 heteroatoms. The zero-order valence-electron chi connectivity index (χ0n) is 14.7. The predicted octanol–water partition coefficient (Wildman–Crippen LogP) is 4.55. The number of alkyl halides is 2. The highest BCUT2D eigenvalue weighted by Gasteiger charge is 2.18. The van der Waals surface area contributed by atoms with Crippen molar-refractivity contribution in [2.45, 2.75) is 13.2 Å². The summed E-state index contributed by atoms with van der Waals surface area (Å²) in [6, 6.07) is 11.6. The van der Waals surface area contributed by atoms with Crippen molar-refractivity contribution in [2.24, 2.45) is 0 Å². The molecule has 0 spiro atoms. The smallest absolute Gasteiger partial charge is 0.387 e. The molecule has 0 bridgehead atoms. The summed E-state index contributed by atoms with van der Waals surface area (Å²) in [6.45, 7) is -2.65. The maximum atomic E-state index is 13.2. The molecule has 0 atom stereocenters. The maximum absolute atomic E-state index is 13.2. The van der Waals surface area contributed by atoms with Gasteiger partial charge in [0.25, 0.3) is 5.91 Å². The van der Waals surface area contributed by atoms with Gasteiger partial charge >= 0.3 is 6.61 Å². The van der Waals surface area contributed by atoms with Crippen LogP contribution in [0, 0.1) is 10.6 Å². The number of hydrogen-bond acceptors (Lipinski definition) is 3. The molecule has 1 heterocycles. The number of aromatic amines is 1. The van der Waals surface area contributed by atoms with Crippen LogP contribution in [0.25, 0.3) is 5.69 Å². The van der Waals surface area contributed by atoms with Gasteiger partial charge in [-0.1, -0.05) is 12.1 Å². The Balaban J connectivity index is 1.79. The number of nitrogens with one attached hydrogen (secondary N) is 1. The third kappa shape index (κ3) is 4.42. The average molecular weight is 407 g/mol. The number of H-pyrrole nitrogens is 1. The number of carbonyl (C=O) groups excluding carboxylic acids is 1. The molecule has 0 aliphatic heterocycles. The van der Waals surface area contributed by atoms with E-state index in [1.165, 1.54) is 52.1 Å². The molecular weight excluding hydrogens is 391 g/mol. The van der Waals surface area contributed by atoms with Gasteiger partial charge in [-0.3, -0.25) is 9.36 Å². The third-order valence-corrected chi connectivity index (χ3v) is 4.30. The summed E-state index contributed by atoms with van der Waals surface area (Å²) in [6.07, 6.45) is 1.49. The number of imidazole rings is 1. The SMILES string of the molecule is CN(Cc1ccc(OC(F)F)cc1)C(=O)c1c[nH]c(=S)n1-c1ccc(F)cc1.